The Morgan fingerprint density at radius 2 is 2.00 bits per heavy atom. The van der Waals surface area contributed by atoms with E-state index in [4.69, 9.17) is 4.74 Å². The first-order chi connectivity index (χ1) is 12.4. The zero-order valence-corrected chi connectivity index (χ0v) is 14.8. The van der Waals surface area contributed by atoms with Crippen LogP contribution in [0, 0.1) is 6.92 Å². The van der Waals surface area contributed by atoms with Gasteiger partial charge in [0.2, 0.25) is 5.91 Å². The minimum Gasteiger partial charge on any atom is -0.497 e. The molecule has 0 saturated heterocycles. The Morgan fingerprint density at radius 1 is 1.31 bits per heavy atom. The van der Waals surface area contributed by atoms with Gasteiger partial charge in [-0.2, -0.15) is 0 Å². The maximum Gasteiger partial charge on any atom is 0.337 e. The quantitative estimate of drug-likeness (QED) is 0.709. The normalized spacial score (nSPS) is 10.7. The Labute approximate surface area is 151 Å². The van der Waals surface area contributed by atoms with E-state index in [0.29, 0.717) is 22.1 Å². The molecule has 0 saturated carbocycles. The Kier molecular flexibility index (Phi) is 4.72. The second-order valence-corrected chi connectivity index (χ2v) is 6.32. The number of anilines is 1. The van der Waals surface area contributed by atoms with E-state index >= 15 is 0 Å². The fourth-order valence-corrected chi connectivity index (χ4v) is 3.44. The molecule has 134 valence electrons. The number of ether oxygens (including phenoxy) is 1. The lowest BCUT2D eigenvalue weighted by molar-refractivity contribution is -0.116. The number of rotatable bonds is 5. The molecule has 3 aromatic rings. The summed E-state index contributed by atoms with van der Waals surface area (Å²) in [7, 11) is 1.54. The van der Waals surface area contributed by atoms with E-state index < -0.39 is 17.4 Å². The predicted octanol–water partition coefficient (Wildman–Crippen LogP) is 2.11. The highest BCUT2D eigenvalue weighted by atomic mass is 32.1. The smallest absolute Gasteiger partial charge is 0.337 e. The van der Waals surface area contributed by atoms with Crippen LogP contribution in [0.4, 0.5) is 5.69 Å². The van der Waals surface area contributed by atoms with Crippen molar-refractivity contribution in [1.82, 2.24) is 9.55 Å². The zero-order valence-electron chi connectivity index (χ0n) is 14.0. The maximum atomic E-state index is 12.7. The number of aromatic carboxylic acids is 1. The van der Waals surface area contributed by atoms with Gasteiger partial charge in [-0.25, -0.2) is 9.78 Å². The number of amides is 1. The summed E-state index contributed by atoms with van der Waals surface area (Å²) in [6, 6.07) is 6.75. The van der Waals surface area contributed by atoms with Gasteiger partial charge in [0.05, 0.1) is 18.1 Å². The first kappa shape index (κ1) is 17.6. The Morgan fingerprint density at radius 3 is 2.62 bits per heavy atom. The number of benzene rings is 1. The van der Waals surface area contributed by atoms with Crippen LogP contribution in [-0.2, 0) is 11.3 Å². The molecule has 1 aromatic carbocycles. The second kappa shape index (κ2) is 6.96. The van der Waals surface area contributed by atoms with Gasteiger partial charge in [0.15, 0.2) is 0 Å². The molecule has 0 aliphatic rings. The first-order valence-corrected chi connectivity index (χ1v) is 8.44. The summed E-state index contributed by atoms with van der Waals surface area (Å²) in [6.07, 6.45) is 0. The number of aromatic nitrogens is 2. The number of fused-ring (bicyclic) bond motifs is 1. The van der Waals surface area contributed by atoms with Crippen LogP contribution in [0.2, 0.25) is 0 Å². The molecule has 0 bridgehead atoms. The third-order valence-electron chi connectivity index (χ3n) is 3.79. The molecule has 0 fully saturated rings. The summed E-state index contributed by atoms with van der Waals surface area (Å²) < 4.78 is 6.22. The molecule has 0 spiro atoms. The first-order valence-electron chi connectivity index (χ1n) is 7.56. The van der Waals surface area contributed by atoms with E-state index in [1.54, 1.807) is 38.3 Å². The predicted molar refractivity (Wildman–Crippen MR) is 97.2 cm³/mol. The van der Waals surface area contributed by atoms with Gasteiger partial charge in [-0.05, 0) is 31.2 Å². The zero-order chi connectivity index (χ0) is 18.8. The summed E-state index contributed by atoms with van der Waals surface area (Å²) in [4.78, 5) is 40.8. The van der Waals surface area contributed by atoms with Crippen molar-refractivity contribution in [2.24, 2.45) is 0 Å². The number of carbonyl (C=O) groups is 2. The largest absolute Gasteiger partial charge is 0.497 e. The molecule has 0 aliphatic heterocycles. The number of nitrogens with zero attached hydrogens (tertiary/aromatic N) is 2. The van der Waals surface area contributed by atoms with Crippen LogP contribution in [0.15, 0.2) is 34.4 Å². The van der Waals surface area contributed by atoms with Crippen molar-refractivity contribution in [1.29, 1.82) is 0 Å². The SMILES string of the molecule is COc1ccc(NC(=O)Cn2c(C)nc3scc(C(=O)O)c3c2=O)cc1. The third-order valence-corrected chi connectivity index (χ3v) is 4.66. The van der Waals surface area contributed by atoms with Crippen LogP contribution in [0.1, 0.15) is 16.2 Å². The maximum absolute atomic E-state index is 12.7. The summed E-state index contributed by atoms with van der Waals surface area (Å²) in [5, 5.41) is 13.3. The van der Waals surface area contributed by atoms with Gasteiger partial charge in [-0.1, -0.05) is 0 Å². The number of methoxy groups -OCH3 is 1. The van der Waals surface area contributed by atoms with Crippen molar-refractivity contribution in [3.63, 3.8) is 0 Å². The standard InChI is InChI=1S/C17H15N3O5S/c1-9-18-15-14(12(8-26-15)17(23)24)16(22)20(9)7-13(21)19-10-3-5-11(25-2)6-4-10/h3-6,8H,7H2,1-2H3,(H,19,21)(H,23,24). The molecule has 0 unspecified atom stereocenters. The number of carboxylic acid groups (broad SMARTS) is 1. The van der Waals surface area contributed by atoms with Crippen molar-refractivity contribution >= 4 is 39.1 Å². The molecule has 2 N–H and O–H groups in total. The van der Waals surface area contributed by atoms with Crippen LogP contribution < -0.4 is 15.6 Å². The average Bonchev–Trinajstić information content (AvgIpc) is 3.03. The van der Waals surface area contributed by atoms with E-state index in [1.807, 2.05) is 0 Å². The van der Waals surface area contributed by atoms with Crippen LogP contribution in [-0.4, -0.2) is 33.6 Å². The van der Waals surface area contributed by atoms with Gasteiger partial charge >= 0.3 is 5.97 Å². The molecule has 3 rings (SSSR count). The van der Waals surface area contributed by atoms with E-state index in [1.165, 1.54) is 9.95 Å². The molecule has 0 radical (unpaired) electrons. The Balaban J connectivity index is 1.89. The van der Waals surface area contributed by atoms with E-state index in [-0.39, 0.29) is 17.5 Å². The van der Waals surface area contributed by atoms with Crippen molar-refractivity contribution < 1.29 is 19.4 Å². The lowest BCUT2D eigenvalue weighted by Gasteiger charge is -2.10. The van der Waals surface area contributed by atoms with Crippen LogP contribution in [0.3, 0.4) is 0 Å². The van der Waals surface area contributed by atoms with Crippen molar-refractivity contribution in [2.75, 3.05) is 12.4 Å². The number of hydrogen-bond donors (Lipinski definition) is 2. The van der Waals surface area contributed by atoms with Crippen LogP contribution >= 0.6 is 11.3 Å². The second-order valence-electron chi connectivity index (χ2n) is 5.46. The van der Waals surface area contributed by atoms with Gasteiger partial charge < -0.3 is 15.2 Å². The molecule has 0 atom stereocenters. The van der Waals surface area contributed by atoms with Crippen LogP contribution in [0.5, 0.6) is 5.75 Å². The minimum absolute atomic E-state index is 0.0188. The van der Waals surface area contributed by atoms with Gasteiger partial charge in [0, 0.05) is 11.1 Å². The monoisotopic (exact) mass is 373 g/mol. The lowest BCUT2D eigenvalue weighted by atomic mass is 10.2. The highest BCUT2D eigenvalue weighted by molar-refractivity contribution is 7.17. The van der Waals surface area contributed by atoms with Crippen LogP contribution in [0.25, 0.3) is 10.2 Å². The van der Waals surface area contributed by atoms with E-state index in [9.17, 15) is 19.5 Å². The molecule has 8 nitrogen and oxygen atoms in total. The van der Waals surface area contributed by atoms with E-state index in [2.05, 4.69) is 10.3 Å². The molecule has 26 heavy (non-hydrogen) atoms. The summed E-state index contributed by atoms with van der Waals surface area (Å²) in [5.41, 5.74) is -0.0971. The van der Waals surface area contributed by atoms with Gasteiger partial charge in [0.1, 0.15) is 22.9 Å². The number of hydrogen-bond acceptors (Lipinski definition) is 6. The topological polar surface area (TPSA) is 111 Å². The molecular weight excluding hydrogens is 358 g/mol. The summed E-state index contributed by atoms with van der Waals surface area (Å²) in [6.45, 7) is 1.33. The highest BCUT2D eigenvalue weighted by Gasteiger charge is 2.19. The summed E-state index contributed by atoms with van der Waals surface area (Å²) in [5.74, 6) is -0.628. The van der Waals surface area contributed by atoms with Gasteiger partial charge in [0.25, 0.3) is 5.56 Å². The fourth-order valence-electron chi connectivity index (χ4n) is 2.49. The van der Waals surface area contributed by atoms with E-state index in [0.717, 1.165) is 11.3 Å². The average molecular weight is 373 g/mol. The lowest BCUT2D eigenvalue weighted by Crippen LogP contribution is -2.30. The molecule has 2 aromatic heterocycles. The minimum atomic E-state index is -1.20. The molecule has 1 amide bonds. The van der Waals surface area contributed by atoms with Gasteiger partial charge in [-0.15, -0.1) is 11.3 Å². The Hall–Kier alpha value is -3.20. The van der Waals surface area contributed by atoms with Gasteiger partial charge in [-0.3, -0.25) is 14.2 Å². The number of nitrogens with one attached hydrogen (secondary N) is 1. The fraction of sp³-hybridized carbons (Fsp3) is 0.176. The Bertz CT molecular complexity index is 1050. The van der Waals surface area contributed by atoms with Crippen molar-refractivity contribution in [2.45, 2.75) is 13.5 Å². The molecular formula is C17H15N3O5S. The number of aryl methyl sites for hydroxylation is 1. The number of carboxylic acids is 1. The highest BCUT2D eigenvalue weighted by Crippen LogP contribution is 2.21. The number of carbonyl (C=O) groups excluding carboxylic acids is 1. The number of thiophene rings is 1. The van der Waals surface area contributed by atoms with Crippen molar-refractivity contribution in [3.05, 3.63) is 51.4 Å². The van der Waals surface area contributed by atoms with Crippen molar-refractivity contribution in [3.8, 4) is 5.75 Å². The molecule has 2 heterocycles. The summed E-state index contributed by atoms with van der Waals surface area (Å²) >= 11 is 1.09. The third kappa shape index (κ3) is 3.29. The molecule has 0 aliphatic carbocycles. The molecule has 9 heteroatoms.